The first-order valence-corrected chi connectivity index (χ1v) is 11.7. The van der Waals surface area contributed by atoms with E-state index in [9.17, 15) is 18.5 Å². The van der Waals surface area contributed by atoms with Crippen molar-refractivity contribution in [2.45, 2.75) is 6.54 Å². The number of hydrogen-bond donors (Lipinski definition) is 3. The number of hydrogen-bond acceptors (Lipinski definition) is 7. The molecule has 0 spiro atoms. The molecule has 3 rings (SSSR count). The highest BCUT2D eigenvalue weighted by Gasteiger charge is 2.10. The number of nitrogens with one attached hydrogen (secondary N) is 1. The highest BCUT2D eigenvalue weighted by molar-refractivity contribution is 7.95. The second-order valence-electron chi connectivity index (χ2n) is 7.10. The van der Waals surface area contributed by atoms with Gasteiger partial charge < -0.3 is 5.73 Å². The van der Waals surface area contributed by atoms with Gasteiger partial charge in [-0.1, -0.05) is 48.0 Å². The minimum Gasteiger partial charge on any atom is -0.382 e. The Kier molecular flexibility index (Phi) is 7.84. The second kappa shape index (κ2) is 10.8. The van der Waals surface area contributed by atoms with Crippen LogP contribution in [0.1, 0.15) is 16.7 Å². The van der Waals surface area contributed by atoms with Crippen molar-refractivity contribution in [2.75, 3.05) is 4.72 Å². The quantitative estimate of drug-likeness (QED) is 0.133. The van der Waals surface area contributed by atoms with E-state index < -0.39 is 14.9 Å². The van der Waals surface area contributed by atoms with Gasteiger partial charge in [-0.2, -0.15) is 0 Å². The molecule has 0 aliphatic carbocycles. The van der Waals surface area contributed by atoms with Gasteiger partial charge in [0.15, 0.2) is 5.84 Å². The Morgan fingerprint density at radius 3 is 2.59 bits per heavy atom. The van der Waals surface area contributed by atoms with Crippen LogP contribution < -0.4 is 16.3 Å². The van der Waals surface area contributed by atoms with Crippen LogP contribution in [-0.2, 0) is 16.6 Å². The van der Waals surface area contributed by atoms with E-state index in [4.69, 9.17) is 23.2 Å². The molecule has 0 aromatic heterocycles. The Balaban J connectivity index is 1.71. The lowest BCUT2D eigenvalue weighted by atomic mass is 10.2. The maximum Gasteiger partial charge on any atom is 0.270 e. The molecule has 0 saturated carbocycles. The lowest BCUT2D eigenvalue weighted by Crippen LogP contribution is -2.29. The molecular formula is C22H21ClN6O4S. The summed E-state index contributed by atoms with van der Waals surface area (Å²) in [5.41, 5.74) is 7.80. The lowest BCUT2D eigenvalue weighted by molar-refractivity contribution is -0.384. The summed E-state index contributed by atoms with van der Waals surface area (Å²) in [5, 5.41) is 17.6. The molecule has 34 heavy (non-hydrogen) atoms. The SMILES string of the molecule is N/C(=N\N(N)Cc1cccc(Cl)c1)c1cccc(NS(=O)(=O)/C=C/c2cccc([N+](=O)[O-])c2)c1. The zero-order valence-electron chi connectivity index (χ0n) is 17.7. The Morgan fingerprint density at radius 1 is 1.12 bits per heavy atom. The molecule has 0 fully saturated rings. The van der Waals surface area contributed by atoms with Crippen LogP contribution in [0.4, 0.5) is 11.4 Å². The minimum absolute atomic E-state index is 0.0812. The van der Waals surface area contributed by atoms with Gasteiger partial charge in [-0.25, -0.2) is 19.4 Å². The molecule has 3 aromatic rings. The molecule has 0 aliphatic heterocycles. The Labute approximate surface area is 201 Å². The lowest BCUT2D eigenvalue weighted by Gasteiger charge is -2.14. The molecule has 176 valence electrons. The number of non-ortho nitro benzene ring substituents is 1. The zero-order chi connectivity index (χ0) is 24.7. The van der Waals surface area contributed by atoms with E-state index in [2.05, 4.69) is 9.82 Å². The van der Waals surface area contributed by atoms with Crippen LogP contribution in [0.15, 0.2) is 83.3 Å². The van der Waals surface area contributed by atoms with Gasteiger partial charge in [-0.15, -0.1) is 5.10 Å². The Bertz CT molecular complexity index is 1360. The maximum absolute atomic E-state index is 12.4. The van der Waals surface area contributed by atoms with Gasteiger partial charge in [0.05, 0.1) is 16.9 Å². The van der Waals surface area contributed by atoms with E-state index in [0.29, 0.717) is 16.1 Å². The van der Waals surface area contributed by atoms with Crippen molar-refractivity contribution >= 4 is 44.9 Å². The monoisotopic (exact) mass is 500 g/mol. The third kappa shape index (κ3) is 7.30. The van der Waals surface area contributed by atoms with Gasteiger partial charge in [-0.3, -0.25) is 14.8 Å². The number of hydrazine groups is 1. The van der Waals surface area contributed by atoms with Gasteiger partial charge in [0.25, 0.3) is 15.7 Å². The third-order valence-electron chi connectivity index (χ3n) is 4.41. The molecule has 0 radical (unpaired) electrons. The molecule has 0 heterocycles. The minimum atomic E-state index is -3.90. The van der Waals surface area contributed by atoms with E-state index in [1.807, 2.05) is 6.07 Å². The molecule has 0 atom stereocenters. The molecule has 0 bridgehead atoms. The summed E-state index contributed by atoms with van der Waals surface area (Å²) in [4.78, 5) is 10.3. The molecule has 5 N–H and O–H groups in total. The maximum atomic E-state index is 12.4. The number of rotatable bonds is 9. The summed E-state index contributed by atoms with van der Waals surface area (Å²) in [7, 11) is -3.90. The number of nitro groups is 1. The first-order chi connectivity index (χ1) is 16.1. The number of sulfonamides is 1. The molecule has 0 aliphatic rings. The molecule has 10 nitrogen and oxygen atoms in total. The number of nitro benzene ring substituents is 1. The predicted molar refractivity (Wildman–Crippen MR) is 133 cm³/mol. The topological polar surface area (TPSA) is 157 Å². The molecule has 0 saturated heterocycles. The number of amidine groups is 1. The van der Waals surface area contributed by atoms with Crippen molar-refractivity contribution in [1.82, 2.24) is 5.12 Å². The third-order valence-corrected chi connectivity index (χ3v) is 5.66. The summed E-state index contributed by atoms with van der Waals surface area (Å²) in [6.07, 6.45) is 1.26. The van der Waals surface area contributed by atoms with Gasteiger partial charge >= 0.3 is 0 Å². The number of halogens is 1. The standard InChI is InChI=1S/C22H21ClN6O4S/c23-19-7-1-5-17(12-19)15-28(25)26-22(24)18-6-3-8-20(14-18)27-34(32,33)11-10-16-4-2-9-21(13-16)29(30)31/h1-14,27H,15,25H2,(H2,24,26)/b11-10+. The highest BCUT2D eigenvalue weighted by Crippen LogP contribution is 2.17. The summed E-state index contributed by atoms with van der Waals surface area (Å²) >= 11 is 5.97. The van der Waals surface area contributed by atoms with Gasteiger partial charge in [0.2, 0.25) is 0 Å². The van der Waals surface area contributed by atoms with Gasteiger partial charge in [-0.05, 0) is 41.5 Å². The average molecular weight is 501 g/mol. The number of hydrazone groups is 1. The predicted octanol–water partition coefficient (Wildman–Crippen LogP) is 3.66. The van der Waals surface area contributed by atoms with Crippen LogP contribution in [0.3, 0.4) is 0 Å². The normalized spacial score (nSPS) is 12.0. The van der Waals surface area contributed by atoms with E-state index in [1.54, 1.807) is 42.5 Å². The highest BCUT2D eigenvalue weighted by atomic mass is 35.5. The smallest absolute Gasteiger partial charge is 0.270 e. The van der Waals surface area contributed by atoms with Crippen molar-refractivity contribution in [3.63, 3.8) is 0 Å². The number of anilines is 1. The zero-order valence-corrected chi connectivity index (χ0v) is 19.3. The summed E-state index contributed by atoms with van der Waals surface area (Å²) < 4.78 is 27.3. The number of benzene rings is 3. The molecule has 0 unspecified atom stereocenters. The first-order valence-electron chi connectivity index (χ1n) is 9.78. The van der Waals surface area contributed by atoms with Crippen LogP contribution >= 0.6 is 11.6 Å². The Morgan fingerprint density at radius 2 is 1.85 bits per heavy atom. The van der Waals surface area contributed by atoms with Gasteiger partial charge in [0, 0.05) is 28.4 Å². The fraction of sp³-hybridized carbons (Fsp3) is 0.0455. The second-order valence-corrected chi connectivity index (χ2v) is 9.10. The summed E-state index contributed by atoms with van der Waals surface area (Å²) in [5.74, 6) is 6.00. The van der Waals surface area contributed by atoms with E-state index >= 15 is 0 Å². The summed E-state index contributed by atoms with van der Waals surface area (Å²) in [6.45, 7) is 0.260. The number of nitrogens with two attached hydrogens (primary N) is 2. The van der Waals surface area contributed by atoms with E-state index in [-0.39, 0.29) is 23.8 Å². The largest absolute Gasteiger partial charge is 0.382 e. The number of nitrogens with zero attached hydrogens (tertiary/aromatic N) is 3. The van der Waals surface area contributed by atoms with Gasteiger partial charge in [0.1, 0.15) is 0 Å². The van der Waals surface area contributed by atoms with Crippen molar-refractivity contribution in [2.24, 2.45) is 16.7 Å². The van der Waals surface area contributed by atoms with E-state index in [1.165, 1.54) is 30.3 Å². The average Bonchev–Trinajstić information content (AvgIpc) is 2.78. The Hall–Kier alpha value is -3.93. The molecular weight excluding hydrogens is 480 g/mol. The van der Waals surface area contributed by atoms with Crippen molar-refractivity contribution < 1.29 is 13.3 Å². The van der Waals surface area contributed by atoms with Crippen molar-refractivity contribution in [1.29, 1.82) is 0 Å². The van der Waals surface area contributed by atoms with Crippen LogP contribution in [0.25, 0.3) is 6.08 Å². The van der Waals surface area contributed by atoms with Crippen LogP contribution in [-0.4, -0.2) is 24.3 Å². The van der Waals surface area contributed by atoms with Crippen molar-refractivity contribution in [3.05, 3.63) is 110 Å². The first kappa shape index (κ1) is 24.7. The fourth-order valence-corrected chi connectivity index (χ4v) is 3.98. The molecule has 0 amide bonds. The molecule has 12 heteroatoms. The fourth-order valence-electron chi connectivity index (χ4n) is 2.90. The van der Waals surface area contributed by atoms with Crippen LogP contribution in [0.2, 0.25) is 5.02 Å². The summed E-state index contributed by atoms with van der Waals surface area (Å²) in [6, 6.07) is 19.1. The van der Waals surface area contributed by atoms with Crippen molar-refractivity contribution in [3.8, 4) is 0 Å². The van der Waals surface area contributed by atoms with Crippen LogP contribution in [0.5, 0.6) is 0 Å². The van der Waals surface area contributed by atoms with Crippen LogP contribution in [0, 0.1) is 10.1 Å². The van der Waals surface area contributed by atoms with E-state index in [0.717, 1.165) is 16.1 Å². The molecule has 3 aromatic carbocycles.